The van der Waals surface area contributed by atoms with Gasteiger partial charge in [0.25, 0.3) is 5.91 Å². The van der Waals surface area contributed by atoms with Crippen molar-refractivity contribution >= 4 is 33.0 Å². The Hall–Kier alpha value is -2.61. The van der Waals surface area contributed by atoms with Gasteiger partial charge in [-0.05, 0) is 18.2 Å². The van der Waals surface area contributed by atoms with Crippen molar-refractivity contribution in [2.24, 2.45) is 0 Å². The van der Waals surface area contributed by atoms with Crippen molar-refractivity contribution < 1.29 is 18.0 Å². The fraction of sp³-hybridized carbons (Fsp3) is 0.125. The van der Waals surface area contributed by atoms with Crippen molar-refractivity contribution in [1.29, 1.82) is 0 Å². The molecular formula is C16H10F3N3OS. The third-order valence-corrected chi connectivity index (χ3v) is 4.95. The highest BCUT2D eigenvalue weighted by molar-refractivity contribution is 7.21. The van der Waals surface area contributed by atoms with E-state index in [9.17, 15) is 18.0 Å². The molecule has 0 spiro atoms. The van der Waals surface area contributed by atoms with Gasteiger partial charge >= 0.3 is 6.18 Å². The van der Waals surface area contributed by atoms with Gasteiger partial charge in [-0.1, -0.05) is 18.2 Å². The summed E-state index contributed by atoms with van der Waals surface area (Å²) < 4.78 is 40.5. The number of fused-ring (bicyclic) bond motifs is 3. The Morgan fingerprint density at radius 2 is 1.88 bits per heavy atom. The van der Waals surface area contributed by atoms with Crippen LogP contribution < -0.4 is 10.6 Å². The number of thiophene rings is 1. The van der Waals surface area contributed by atoms with E-state index < -0.39 is 23.8 Å². The van der Waals surface area contributed by atoms with Gasteiger partial charge in [-0.15, -0.1) is 11.3 Å². The Labute approximate surface area is 138 Å². The number of pyridine rings is 1. The fourth-order valence-corrected chi connectivity index (χ4v) is 3.82. The van der Waals surface area contributed by atoms with Gasteiger partial charge in [0, 0.05) is 16.3 Å². The zero-order valence-corrected chi connectivity index (χ0v) is 12.8. The Morgan fingerprint density at radius 1 is 1.08 bits per heavy atom. The minimum atomic E-state index is -4.55. The maximum atomic E-state index is 13.2. The molecule has 0 unspecified atom stereocenters. The highest BCUT2D eigenvalue weighted by Gasteiger charge is 2.38. The van der Waals surface area contributed by atoms with E-state index in [1.54, 1.807) is 0 Å². The number of nitrogens with one attached hydrogen (secondary N) is 2. The Morgan fingerprint density at radius 3 is 2.67 bits per heavy atom. The molecule has 1 aliphatic rings. The number of hydrogen-bond acceptors (Lipinski definition) is 4. The number of carbonyl (C=O) groups is 1. The van der Waals surface area contributed by atoms with E-state index in [4.69, 9.17) is 0 Å². The molecule has 4 nitrogen and oxygen atoms in total. The van der Waals surface area contributed by atoms with Crippen LogP contribution in [0.1, 0.15) is 27.1 Å². The number of benzene rings is 1. The predicted octanol–water partition coefficient (Wildman–Crippen LogP) is 4.17. The summed E-state index contributed by atoms with van der Waals surface area (Å²) in [5.41, 5.74) is -0.576. The first-order valence-corrected chi connectivity index (χ1v) is 7.88. The smallest absolute Gasteiger partial charge is 0.358 e. The van der Waals surface area contributed by atoms with E-state index in [2.05, 4.69) is 15.6 Å². The lowest BCUT2D eigenvalue weighted by atomic mass is 10.1. The van der Waals surface area contributed by atoms with Crippen LogP contribution in [0.15, 0.2) is 42.6 Å². The first-order valence-electron chi connectivity index (χ1n) is 7.06. The number of alkyl halides is 3. The molecule has 1 aliphatic heterocycles. The number of carbonyl (C=O) groups excluding carboxylic acids is 1. The molecule has 3 aromatic rings. The van der Waals surface area contributed by atoms with Gasteiger partial charge in [-0.3, -0.25) is 9.78 Å². The lowest BCUT2D eigenvalue weighted by Crippen LogP contribution is -2.39. The van der Waals surface area contributed by atoms with E-state index in [1.165, 1.54) is 23.6 Å². The molecule has 0 radical (unpaired) electrons. The topological polar surface area (TPSA) is 54.0 Å². The van der Waals surface area contributed by atoms with Crippen LogP contribution in [0.4, 0.5) is 18.9 Å². The Balaban J connectivity index is 1.83. The second-order valence-corrected chi connectivity index (χ2v) is 6.34. The second-order valence-electron chi connectivity index (χ2n) is 5.29. The summed E-state index contributed by atoms with van der Waals surface area (Å²) in [5, 5.41) is 6.36. The summed E-state index contributed by atoms with van der Waals surface area (Å²) >= 11 is 1.30. The van der Waals surface area contributed by atoms with E-state index in [0.717, 1.165) is 16.2 Å². The highest BCUT2D eigenvalue weighted by atomic mass is 32.1. The molecule has 1 amide bonds. The first-order chi connectivity index (χ1) is 11.4. The molecule has 0 saturated carbocycles. The molecule has 0 aliphatic carbocycles. The number of hydrogen-bond donors (Lipinski definition) is 2. The van der Waals surface area contributed by atoms with E-state index in [0.29, 0.717) is 10.6 Å². The maximum absolute atomic E-state index is 13.2. The molecule has 0 bridgehead atoms. The van der Waals surface area contributed by atoms with Gasteiger partial charge in [-0.25, -0.2) is 0 Å². The zero-order valence-electron chi connectivity index (χ0n) is 12.0. The molecular weight excluding hydrogens is 339 g/mol. The van der Waals surface area contributed by atoms with Gasteiger partial charge in [0.15, 0.2) is 0 Å². The molecule has 1 atom stereocenters. The SMILES string of the molecule is O=C1N[C@H](c2ncccc2C(F)(F)F)Nc2c1sc1ccccc21. The number of amides is 1. The monoisotopic (exact) mass is 349 g/mol. The van der Waals surface area contributed by atoms with Gasteiger partial charge in [0.2, 0.25) is 0 Å². The third kappa shape index (κ3) is 2.30. The molecule has 1 aromatic carbocycles. The lowest BCUT2D eigenvalue weighted by Gasteiger charge is -2.27. The lowest BCUT2D eigenvalue weighted by molar-refractivity contribution is -0.138. The molecule has 122 valence electrons. The average molecular weight is 349 g/mol. The predicted molar refractivity (Wildman–Crippen MR) is 84.9 cm³/mol. The van der Waals surface area contributed by atoms with Crippen LogP contribution in [-0.4, -0.2) is 10.9 Å². The molecule has 0 fully saturated rings. The fourth-order valence-electron chi connectivity index (χ4n) is 2.75. The van der Waals surface area contributed by atoms with E-state index in [-0.39, 0.29) is 5.69 Å². The van der Waals surface area contributed by atoms with Gasteiger partial charge in [0.05, 0.1) is 16.9 Å². The zero-order chi connectivity index (χ0) is 16.9. The average Bonchev–Trinajstić information content (AvgIpc) is 2.93. The summed E-state index contributed by atoms with van der Waals surface area (Å²) in [6, 6.07) is 9.54. The summed E-state index contributed by atoms with van der Waals surface area (Å²) in [7, 11) is 0. The van der Waals surface area contributed by atoms with Crippen LogP contribution in [0.25, 0.3) is 10.1 Å². The van der Waals surface area contributed by atoms with Crippen LogP contribution in [-0.2, 0) is 6.18 Å². The molecule has 24 heavy (non-hydrogen) atoms. The minimum Gasteiger partial charge on any atom is -0.358 e. The van der Waals surface area contributed by atoms with Crippen LogP contribution in [0.3, 0.4) is 0 Å². The van der Waals surface area contributed by atoms with Crippen molar-refractivity contribution in [3.05, 3.63) is 58.7 Å². The van der Waals surface area contributed by atoms with Gasteiger partial charge in [0.1, 0.15) is 11.0 Å². The standard InChI is InChI=1S/C16H10F3N3OS/c17-16(18,19)9-5-3-7-20-12(9)14-21-11-8-4-1-2-6-10(8)24-13(11)15(23)22-14/h1-7,14,21H,(H,22,23)/t14-/m1/s1. The van der Waals surface area contributed by atoms with Crippen molar-refractivity contribution in [2.75, 3.05) is 5.32 Å². The number of halogens is 3. The van der Waals surface area contributed by atoms with Crippen LogP contribution in [0.2, 0.25) is 0 Å². The maximum Gasteiger partial charge on any atom is 0.418 e. The number of aromatic nitrogens is 1. The van der Waals surface area contributed by atoms with Gasteiger partial charge < -0.3 is 10.6 Å². The number of anilines is 1. The number of nitrogens with zero attached hydrogens (tertiary/aromatic N) is 1. The van der Waals surface area contributed by atoms with E-state index in [1.807, 2.05) is 24.3 Å². The van der Waals surface area contributed by atoms with Crippen molar-refractivity contribution in [2.45, 2.75) is 12.3 Å². The molecule has 3 heterocycles. The third-order valence-electron chi connectivity index (χ3n) is 3.78. The van der Waals surface area contributed by atoms with Crippen LogP contribution in [0, 0.1) is 0 Å². The van der Waals surface area contributed by atoms with E-state index >= 15 is 0 Å². The normalized spacial score (nSPS) is 17.3. The van der Waals surface area contributed by atoms with Crippen molar-refractivity contribution in [3.63, 3.8) is 0 Å². The molecule has 0 saturated heterocycles. The molecule has 2 N–H and O–H groups in total. The summed E-state index contributed by atoms with van der Waals surface area (Å²) in [6.45, 7) is 0. The highest BCUT2D eigenvalue weighted by Crippen LogP contribution is 2.41. The molecule has 2 aromatic heterocycles. The minimum absolute atomic E-state index is 0.251. The second kappa shape index (κ2) is 5.20. The Kier molecular flexibility index (Phi) is 3.24. The van der Waals surface area contributed by atoms with Crippen molar-refractivity contribution in [3.8, 4) is 0 Å². The summed E-state index contributed by atoms with van der Waals surface area (Å²) in [4.78, 5) is 16.7. The van der Waals surface area contributed by atoms with Crippen LogP contribution in [0.5, 0.6) is 0 Å². The summed E-state index contributed by atoms with van der Waals surface area (Å²) in [5.74, 6) is -0.409. The van der Waals surface area contributed by atoms with Gasteiger partial charge in [-0.2, -0.15) is 13.2 Å². The summed E-state index contributed by atoms with van der Waals surface area (Å²) in [6.07, 6.45) is -4.31. The first kappa shape index (κ1) is 14.9. The Bertz CT molecular complexity index is 951. The molecule has 4 rings (SSSR count). The molecule has 8 heteroatoms. The van der Waals surface area contributed by atoms with Crippen LogP contribution >= 0.6 is 11.3 Å². The largest absolute Gasteiger partial charge is 0.418 e. The van der Waals surface area contributed by atoms with Crippen molar-refractivity contribution in [1.82, 2.24) is 10.3 Å². The number of rotatable bonds is 1. The quantitative estimate of drug-likeness (QED) is 0.693.